The molecule has 56 heavy (non-hydrogen) atoms. The number of likely N-dealkylation sites (N-methyl/N-ethyl adjacent to an activating group) is 1. The summed E-state index contributed by atoms with van der Waals surface area (Å²) >= 11 is 0. The molecular weight excluding hydrogens is 725 g/mol. The molecule has 9 nitrogen and oxygen atoms in total. The molecule has 2 N–H and O–H groups in total. The van der Waals surface area contributed by atoms with Crippen molar-refractivity contribution >= 4 is 13.8 Å². The second kappa shape index (κ2) is 38.3. The molecule has 10 heteroatoms. The SMILES string of the molecule is CCCCCCCCCCCCCCCC/C=C/O[C@H](COC(=O)CCC/C=C\C/C=C\C/C=C\C/C=C\C=C\[C@@H](O)CC)COP(=O)(O)OCC[N+](C)(C)C. The first-order valence-electron chi connectivity index (χ1n) is 21.8. The fourth-order valence-electron chi connectivity index (χ4n) is 5.41. The van der Waals surface area contributed by atoms with Crippen molar-refractivity contribution in [1.82, 2.24) is 0 Å². The van der Waals surface area contributed by atoms with Gasteiger partial charge in [-0.05, 0) is 57.4 Å². The van der Waals surface area contributed by atoms with Gasteiger partial charge in [0.1, 0.15) is 19.8 Å². The zero-order chi connectivity index (χ0) is 41.4. The quantitative estimate of drug-likeness (QED) is 0.0120. The van der Waals surface area contributed by atoms with E-state index >= 15 is 0 Å². The predicted octanol–water partition coefficient (Wildman–Crippen LogP) is 12.0. The van der Waals surface area contributed by atoms with Gasteiger partial charge in [0.15, 0.2) is 6.10 Å². The molecule has 0 rings (SSSR count). The molecule has 324 valence electrons. The van der Waals surface area contributed by atoms with E-state index in [1.54, 1.807) is 12.3 Å². The summed E-state index contributed by atoms with van der Waals surface area (Å²) in [5, 5.41) is 9.48. The second-order valence-electron chi connectivity index (χ2n) is 15.6. The number of allylic oxidation sites excluding steroid dienone is 10. The molecule has 1 unspecified atom stereocenters. The number of quaternary nitrogens is 1. The molecule has 0 aliphatic rings. The van der Waals surface area contributed by atoms with E-state index in [1.807, 2.05) is 46.3 Å². The number of rotatable bonds is 39. The third kappa shape index (κ3) is 41.4. The Hall–Kier alpha value is -2.26. The predicted molar refractivity (Wildman–Crippen MR) is 234 cm³/mol. The molecule has 0 bridgehead atoms. The van der Waals surface area contributed by atoms with Crippen LogP contribution in [0.1, 0.15) is 155 Å². The maximum Gasteiger partial charge on any atom is 0.472 e. The molecule has 0 saturated heterocycles. The van der Waals surface area contributed by atoms with Crippen molar-refractivity contribution in [3.8, 4) is 0 Å². The van der Waals surface area contributed by atoms with Crippen molar-refractivity contribution in [2.45, 2.75) is 167 Å². The number of hydrogen-bond donors (Lipinski definition) is 2. The largest absolute Gasteiger partial charge is 0.492 e. The molecule has 0 heterocycles. The molecule has 0 aromatic rings. The number of carbonyl (C=O) groups excluding carboxylic acids is 1. The van der Waals surface area contributed by atoms with E-state index in [9.17, 15) is 19.4 Å². The number of phosphoric acid groups is 1. The fourth-order valence-corrected chi connectivity index (χ4v) is 6.15. The maximum atomic E-state index is 12.5. The number of aliphatic hydroxyl groups excluding tert-OH is 1. The topological polar surface area (TPSA) is 112 Å². The number of hydrogen-bond acceptors (Lipinski definition) is 7. The Kier molecular flexibility index (Phi) is 36.7. The number of nitrogens with zero attached hydrogens (tertiary/aromatic N) is 1. The van der Waals surface area contributed by atoms with Crippen molar-refractivity contribution in [2.24, 2.45) is 0 Å². The summed E-state index contributed by atoms with van der Waals surface area (Å²) in [7, 11) is 1.61. The highest BCUT2D eigenvalue weighted by atomic mass is 31.2. The van der Waals surface area contributed by atoms with E-state index in [2.05, 4.69) is 49.5 Å². The minimum Gasteiger partial charge on any atom is -0.492 e. The smallest absolute Gasteiger partial charge is 0.472 e. The minimum absolute atomic E-state index is 0.0721. The lowest BCUT2D eigenvalue weighted by atomic mass is 10.0. The van der Waals surface area contributed by atoms with Crippen LogP contribution in [0.2, 0.25) is 0 Å². The first kappa shape index (κ1) is 53.7. The van der Waals surface area contributed by atoms with E-state index in [4.69, 9.17) is 18.5 Å². The first-order valence-corrected chi connectivity index (χ1v) is 23.3. The van der Waals surface area contributed by atoms with Crippen molar-refractivity contribution in [2.75, 3.05) is 47.5 Å². The summed E-state index contributed by atoms with van der Waals surface area (Å²) < 4.78 is 34.7. The normalized spacial score (nSPS) is 15.0. The number of esters is 1. The van der Waals surface area contributed by atoms with Crippen LogP contribution in [0.25, 0.3) is 0 Å². The summed E-state index contributed by atoms with van der Waals surface area (Å²) in [5.41, 5.74) is 0. The van der Waals surface area contributed by atoms with Gasteiger partial charge in [-0.15, -0.1) is 0 Å². The average molecular weight is 809 g/mol. The van der Waals surface area contributed by atoms with Crippen LogP contribution >= 0.6 is 7.82 Å². The van der Waals surface area contributed by atoms with Crippen LogP contribution in [0.3, 0.4) is 0 Å². The van der Waals surface area contributed by atoms with Gasteiger partial charge >= 0.3 is 13.8 Å². The van der Waals surface area contributed by atoms with Gasteiger partial charge in [0, 0.05) is 6.42 Å². The molecule has 3 atom stereocenters. The van der Waals surface area contributed by atoms with Crippen LogP contribution in [0.4, 0.5) is 0 Å². The van der Waals surface area contributed by atoms with Crippen molar-refractivity contribution < 1.29 is 42.4 Å². The molecule has 0 amide bonds. The van der Waals surface area contributed by atoms with Crippen LogP contribution in [0, 0.1) is 0 Å². The fraction of sp³-hybridized carbons (Fsp3) is 0.717. The number of aliphatic hydroxyl groups is 1. The van der Waals surface area contributed by atoms with Crippen molar-refractivity contribution in [1.29, 1.82) is 0 Å². The maximum absolute atomic E-state index is 12.5. The Morgan fingerprint density at radius 3 is 1.77 bits per heavy atom. The third-order valence-electron chi connectivity index (χ3n) is 9.03. The van der Waals surface area contributed by atoms with Gasteiger partial charge in [0.05, 0.1) is 40.1 Å². The lowest BCUT2D eigenvalue weighted by Gasteiger charge is -2.24. The van der Waals surface area contributed by atoms with Crippen molar-refractivity contribution in [3.63, 3.8) is 0 Å². The van der Waals surface area contributed by atoms with Gasteiger partial charge in [0.2, 0.25) is 0 Å². The number of carbonyl (C=O) groups is 1. The molecule has 0 fully saturated rings. The summed E-state index contributed by atoms with van der Waals surface area (Å²) in [6.07, 6.45) is 47.1. The van der Waals surface area contributed by atoms with Gasteiger partial charge in [-0.25, -0.2) is 4.57 Å². The number of unbranched alkanes of at least 4 members (excludes halogenated alkanes) is 15. The summed E-state index contributed by atoms with van der Waals surface area (Å²) in [6.45, 7) is 4.49. The van der Waals surface area contributed by atoms with Gasteiger partial charge in [-0.2, -0.15) is 0 Å². The zero-order valence-electron chi connectivity index (χ0n) is 36.2. The van der Waals surface area contributed by atoms with E-state index in [-0.39, 0.29) is 38.3 Å². The third-order valence-corrected chi connectivity index (χ3v) is 10.0. The molecule has 0 saturated carbocycles. The molecule has 0 aliphatic heterocycles. The molecular formula is C46H83NO8P+. The highest BCUT2D eigenvalue weighted by molar-refractivity contribution is 7.47. The Balaban J connectivity index is 4.41. The van der Waals surface area contributed by atoms with E-state index < -0.39 is 13.9 Å². The van der Waals surface area contributed by atoms with Crippen LogP contribution in [0.15, 0.2) is 73.1 Å². The van der Waals surface area contributed by atoms with Crippen LogP contribution < -0.4 is 0 Å². The monoisotopic (exact) mass is 809 g/mol. The van der Waals surface area contributed by atoms with Gasteiger partial charge < -0.3 is 24.0 Å². The van der Waals surface area contributed by atoms with E-state index in [1.165, 1.54) is 83.5 Å². The molecule has 0 aromatic carbocycles. The minimum atomic E-state index is -4.29. The number of phosphoric ester groups is 1. The van der Waals surface area contributed by atoms with Gasteiger partial charge in [-0.3, -0.25) is 13.8 Å². The lowest BCUT2D eigenvalue weighted by Crippen LogP contribution is -2.37. The summed E-state index contributed by atoms with van der Waals surface area (Å²) in [6, 6.07) is 0. The average Bonchev–Trinajstić information content (AvgIpc) is 3.15. The highest BCUT2D eigenvalue weighted by Gasteiger charge is 2.25. The first-order chi connectivity index (χ1) is 27.0. The number of ether oxygens (including phenoxy) is 2. The van der Waals surface area contributed by atoms with Crippen LogP contribution in [-0.2, 0) is 27.9 Å². The molecule has 0 aliphatic carbocycles. The van der Waals surface area contributed by atoms with Gasteiger partial charge in [-0.1, -0.05) is 158 Å². The van der Waals surface area contributed by atoms with E-state index in [0.29, 0.717) is 17.4 Å². The van der Waals surface area contributed by atoms with Crippen LogP contribution in [-0.4, -0.2) is 80.2 Å². The van der Waals surface area contributed by atoms with Crippen LogP contribution in [0.5, 0.6) is 0 Å². The Morgan fingerprint density at radius 1 is 0.661 bits per heavy atom. The summed E-state index contributed by atoms with van der Waals surface area (Å²) in [4.78, 5) is 22.6. The molecule has 0 spiro atoms. The lowest BCUT2D eigenvalue weighted by molar-refractivity contribution is -0.870. The Labute approximate surface area is 343 Å². The summed E-state index contributed by atoms with van der Waals surface area (Å²) in [5.74, 6) is -0.346. The molecule has 0 radical (unpaired) electrons. The Bertz CT molecular complexity index is 1140. The molecule has 0 aromatic heterocycles. The van der Waals surface area contributed by atoms with E-state index in [0.717, 1.165) is 44.9 Å². The highest BCUT2D eigenvalue weighted by Crippen LogP contribution is 2.43. The Morgan fingerprint density at radius 2 is 1.20 bits per heavy atom. The standard InChI is InChI=1S/C46H82NO8P/c1-6-8-9-10-11-12-13-14-15-18-21-24-27-30-33-36-40-52-45(43-55-56(50,51)54-41-39-47(3,4)5)42-53-46(49)38-35-32-29-26-23-20-17-16-19-22-25-28-31-34-37-44(48)7-2/h17,19-20,22,26,28-29,31,34,36-37,40,44-45,48H,6-16,18,21,23-25,27,30,32-33,35,38-39,41-43H2,1-5H3/p+1/b20-17-,22-19-,29-26-,31-28-,37-34+,40-36+/t44-,45+/m0/s1. The van der Waals surface area contributed by atoms with Crippen molar-refractivity contribution in [3.05, 3.63) is 73.1 Å². The van der Waals surface area contributed by atoms with Gasteiger partial charge in [0.25, 0.3) is 0 Å². The second-order valence-corrected chi connectivity index (χ2v) is 17.1. The zero-order valence-corrected chi connectivity index (χ0v) is 37.1.